The molecule has 2 aromatic rings. The number of benzene rings is 1. The van der Waals surface area contributed by atoms with E-state index < -0.39 is 0 Å². The fourth-order valence-corrected chi connectivity index (χ4v) is 5.77. The van der Waals surface area contributed by atoms with Gasteiger partial charge in [-0.15, -0.1) is 0 Å². The van der Waals surface area contributed by atoms with E-state index in [1.165, 1.54) is 5.56 Å². The summed E-state index contributed by atoms with van der Waals surface area (Å²) in [6.45, 7) is 11.8. The zero-order chi connectivity index (χ0) is 20.3. The summed E-state index contributed by atoms with van der Waals surface area (Å²) in [5.41, 5.74) is 4.66. The van der Waals surface area contributed by atoms with Crippen molar-refractivity contribution < 1.29 is 4.79 Å². The van der Waals surface area contributed by atoms with Crippen molar-refractivity contribution in [3.8, 4) is 11.8 Å². The highest BCUT2D eigenvalue weighted by Crippen LogP contribution is 2.52. The first kappa shape index (κ1) is 18.8. The molecule has 2 bridgehead atoms. The number of aromatic nitrogens is 1. The lowest BCUT2D eigenvalue weighted by Crippen LogP contribution is -2.38. The first-order valence-corrected chi connectivity index (χ1v) is 10.1. The molecule has 2 heterocycles. The molecule has 2 unspecified atom stereocenters. The van der Waals surface area contributed by atoms with Crippen LogP contribution in [0.5, 0.6) is 0 Å². The van der Waals surface area contributed by atoms with Gasteiger partial charge in [0.15, 0.2) is 0 Å². The number of hydrogen-bond acceptors (Lipinski definition) is 2. The smallest absolute Gasteiger partial charge is 0.272 e. The molecule has 2 atom stereocenters. The fourth-order valence-electron chi connectivity index (χ4n) is 5.77. The molecule has 1 saturated carbocycles. The van der Waals surface area contributed by atoms with E-state index in [4.69, 9.17) is 0 Å². The summed E-state index contributed by atoms with van der Waals surface area (Å²) in [4.78, 5) is 15.8. The number of nitriles is 1. The van der Waals surface area contributed by atoms with Crippen molar-refractivity contribution >= 4 is 5.91 Å². The Morgan fingerprint density at radius 1 is 1.18 bits per heavy atom. The third kappa shape index (κ3) is 2.94. The minimum atomic E-state index is -0.00567. The summed E-state index contributed by atoms with van der Waals surface area (Å²) in [7, 11) is 0. The minimum Gasteiger partial charge on any atom is -0.334 e. The predicted molar refractivity (Wildman–Crippen MR) is 111 cm³/mol. The molecule has 4 heteroatoms. The van der Waals surface area contributed by atoms with Gasteiger partial charge in [-0.2, -0.15) is 5.26 Å². The van der Waals surface area contributed by atoms with Crippen LogP contribution < -0.4 is 0 Å². The van der Waals surface area contributed by atoms with Crippen LogP contribution in [0.1, 0.15) is 67.2 Å². The van der Waals surface area contributed by atoms with Gasteiger partial charge in [-0.3, -0.25) is 4.79 Å². The Labute approximate surface area is 167 Å². The average Bonchev–Trinajstić information content (AvgIpc) is 3.14. The predicted octanol–water partition coefficient (Wildman–Crippen LogP) is 5.01. The fraction of sp³-hybridized carbons (Fsp3) is 0.500. The van der Waals surface area contributed by atoms with E-state index in [0.29, 0.717) is 11.3 Å². The maximum absolute atomic E-state index is 13.7. The van der Waals surface area contributed by atoms with Gasteiger partial charge >= 0.3 is 0 Å². The number of amides is 1. The van der Waals surface area contributed by atoms with Crippen LogP contribution in [-0.2, 0) is 0 Å². The molecule has 1 aliphatic carbocycles. The molecule has 28 heavy (non-hydrogen) atoms. The zero-order valence-electron chi connectivity index (χ0n) is 17.5. The number of fused-ring (bicyclic) bond motifs is 2. The van der Waals surface area contributed by atoms with Crippen molar-refractivity contribution in [3.63, 3.8) is 0 Å². The van der Waals surface area contributed by atoms with Gasteiger partial charge in [0, 0.05) is 24.5 Å². The highest BCUT2D eigenvalue weighted by molar-refractivity contribution is 5.96. The van der Waals surface area contributed by atoms with E-state index in [-0.39, 0.29) is 22.8 Å². The third-order valence-electron chi connectivity index (χ3n) is 6.72. The van der Waals surface area contributed by atoms with Gasteiger partial charge in [-0.1, -0.05) is 32.9 Å². The van der Waals surface area contributed by atoms with Gasteiger partial charge < -0.3 is 9.47 Å². The first-order valence-electron chi connectivity index (χ1n) is 10.1. The second-order valence-corrected chi connectivity index (χ2v) is 9.93. The normalized spacial score (nSPS) is 25.6. The number of carbonyl (C=O) groups is 1. The minimum absolute atomic E-state index is 0.00567. The highest BCUT2D eigenvalue weighted by Gasteiger charge is 2.51. The van der Waals surface area contributed by atoms with Crippen LogP contribution in [-0.4, -0.2) is 28.0 Å². The molecule has 0 spiro atoms. The summed E-state index contributed by atoms with van der Waals surface area (Å²) in [6.07, 6.45) is 5.10. The highest BCUT2D eigenvalue weighted by atomic mass is 16.2. The quantitative estimate of drug-likeness (QED) is 0.741. The second-order valence-electron chi connectivity index (χ2n) is 9.93. The summed E-state index contributed by atoms with van der Waals surface area (Å²) in [5, 5.41) is 9.68. The Bertz CT molecular complexity index is 994. The van der Waals surface area contributed by atoms with Crippen LogP contribution in [0.4, 0.5) is 0 Å². The Hall–Kier alpha value is -2.54. The molecule has 146 valence electrons. The van der Waals surface area contributed by atoms with Gasteiger partial charge in [0.1, 0.15) is 11.8 Å². The molecule has 4 rings (SSSR count). The van der Waals surface area contributed by atoms with Crippen LogP contribution in [0.25, 0.3) is 5.69 Å². The summed E-state index contributed by atoms with van der Waals surface area (Å²) >= 11 is 0. The van der Waals surface area contributed by atoms with Crippen LogP contribution in [0.15, 0.2) is 30.5 Å². The first-order chi connectivity index (χ1) is 13.1. The lowest BCUT2D eigenvalue weighted by Gasteiger charge is -2.39. The molecule has 1 aromatic carbocycles. The maximum Gasteiger partial charge on any atom is 0.272 e. The molecule has 2 aliphatic rings. The average molecular weight is 376 g/mol. The maximum atomic E-state index is 13.7. The van der Waals surface area contributed by atoms with Crippen LogP contribution in [0.2, 0.25) is 0 Å². The van der Waals surface area contributed by atoms with E-state index in [1.807, 2.05) is 27.8 Å². The van der Waals surface area contributed by atoms with Crippen LogP contribution in [0.3, 0.4) is 0 Å². The number of nitrogens with zero attached hydrogens (tertiary/aromatic N) is 3. The van der Waals surface area contributed by atoms with Crippen molar-refractivity contribution in [2.24, 2.45) is 10.8 Å². The lowest BCUT2D eigenvalue weighted by atomic mass is 9.65. The largest absolute Gasteiger partial charge is 0.334 e. The Morgan fingerprint density at radius 3 is 2.64 bits per heavy atom. The summed E-state index contributed by atoms with van der Waals surface area (Å²) < 4.78 is 1.92. The number of hydrogen-bond donors (Lipinski definition) is 0. The number of likely N-dealkylation sites (tertiary alicyclic amines) is 1. The zero-order valence-corrected chi connectivity index (χ0v) is 17.5. The lowest BCUT2D eigenvalue weighted by molar-refractivity contribution is 0.0700. The Kier molecular flexibility index (Phi) is 4.19. The SMILES string of the molecule is Cc1cccc(-n2ccc(C#N)c2C(=O)N2CC3(C)CC2CC(C)(C)C3)c1C. The molecule has 1 aromatic heterocycles. The van der Waals surface area contributed by atoms with Crippen molar-refractivity contribution in [2.45, 2.75) is 59.9 Å². The summed E-state index contributed by atoms with van der Waals surface area (Å²) in [6, 6.07) is 10.4. The molecular formula is C24H29N3O. The van der Waals surface area contributed by atoms with E-state index in [0.717, 1.165) is 37.1 Å². The van der Waals surface area contributed by atoms with Crippen LogP contribution >= 0.6 is 0 Å². The molecule has 2 fully saturated rings. The van der Waals surface area contributed by atoms with Gasteiger partial charge in [0.25, 0.3) is 5.91 Å². The number of rotatable bonds is 2. The van der Waals surface area contributed by atoms with Gasteiger partial charge in [0.2, 0.25) is 0 Å². The second kappa shape index (κ2) is 6.24. The van der Waals surface area contributed by atoms with Gasteiger partial charge in [-0.25, -0.2) is 0 Å². The molecular weight excluding hydrogens is 346 g/mol. The van der Waals surface area contributed by atoms with E-state index in [2.05, 4.69) is 46.8 Å². The van der Waals surface area contributed by atoms with Gasteiger partial charge in [0.05, 0.1) is 5.56 Å². The third-order valence-corrected chi connectivity index (χ3v) is 6.72. The van der Waals surface area contributed by atoms with E-state index in [1.54, 1.807) is 6.07 Å². The van der Waals surface area contributed by atoms with Crippen molar-refractivity contribution in [1.82, 2.24) is 9.47 Å². The standard InChI is InChI=1S/C24H29N3O/c1-16-7-6-8-20(17(16)2)26-10-9-18(13-25)21(26)22(28)27-15-24(5)12-19(27)11-23(3,4)14-24/h6-10,19H,11-12,14-15H2,1-5H3. The topological polar surface area (TPSA) is 49.0 Å². The number of carbonyl (C=O) groups excluding carboxylic acids is 1. The van der Waals surface area contributed by atoms with Crippen LogP contribution in [0, 0.1) is 36.0 Å². The molecule has 1 aliphatic heterocycles. The molecule has 4 nitrogen and oxygen atoms in total. The van der Waals surface area contributed by atoms with Crippen molar-refractivity contribution in [3.05, 3.63) is 52.8 Å². The van der Waals surface area contributed by atoms with Crippen molar-refractivity contribution in [1.29, 1.82) is 5.26 Å². The number of aryl methyl sites for hydroxylation is 1. The molecule has 0 radical (unpaired) electrons. The summed E-state index contributed by atoms with van der Waals surface area (Å²) in [5.74, 6) is -0.00567. The molecule has 1 saturated heterocycles. The van der Waals surface area contributed by atoms with Gasteiger partial charge in [-0.05, 0) is 67.2 Å². The monoisotopic (exact) mass is 375 g/mol. The Balaban J connectivity index is 1.78. The Morgan fingerprint density at radius 2 is 1.93 bits per heavy atom. The molecule has 0 N–H and O–H groups in total. The van der Waals surface area contributed by atoms with Crippen molar-refractivity contribution in [2.75, 3.05) is 6.54 Å². The van der Waals surface area contributed by atoms with E-state index >= 15 is 0 Å². The van der Waals surface area contributed by atoms with E-state index in [9.17, 15) is 10.1 Å². The molecule has 1 amide bonds.